The van der Waals surface area contributed by atoms with Crippen LogP contribution in [0.25, 0.3) is 10.2 Å². The second-order valence-electron chi connectivity index (χ2n) is 7.07. The molecule has 2 aromatic carbocycles. The topological polar surface area (TPSA) is 91.6 Å². The number of anilines is 2. The molecule has 0 aliphatic carbocycles. The number of nitrogens with zero attached hydrogens (tertiary/aromatic N) is 4. The lowest BCUT2D eigenvalue weighted by Crippen LogP contribution is -2.44. The smallest absolute Gasteiger partial charge is 0.293 e. The van der Waals surface area contributed by atoms with Gasteiger partial charge in [-0.1, -0.05) is 11.8 Å². The fourth-order valence-corrected chi connectivity index (χ4v) is 4.93. The number of amides is 1. The van der Waals surface area contributed by atoms with E-state index in [1.165, 1.54) is 6.07 Å². The molecule has 4 rings (SSSR count). The Morgan fingerprint density at radius 2 is 1.97 bits per heavy atom. The minimum absolute atomic E-state index is 0.0466. The minimum Gasteiger partial charge on any atom is -0.363 e. The molecule has 1 aliphatic rings. The minimum atomic E-state index is -0.419. The van der Waals surface area contributed by atoms with Gasteiger partial charge in [0.05, 0.1) is 15.1 Å². The fourth-order valence-electron chi connectivity index (χ4n) is 3.40. The summed E-state index contributed by atoms with van der Waals surface area (Å²) < 4.78 is 1.94. The summed E-state index contributed by atoms with van der Waals surface area (Å²) in [6, 6.07) is 10.2. The number of nitro benzene ring substituents is 1. The van der Waals surface area contributed by atoms with E-state index in [4.69, 9.17) is 0 Å². The quantitative estimate of drug-likeness (QED) is 0.363. The maximum Gasteiger partial charge on any atom is 0.293 e. The van der Waals surface area contributed by atoms with E-state index in [1.54, 1.807) is 41.3 Å². The monoisotopic (exact) mass is 443 g/mol. The van der Waals surface area contributed by atoms with Crippen molar-refractivity contribution < 1.29 is 9.72 Å². The van der Waals surface area contributed by atoms with Crippen LogP contribution in [0.15, 0.2) is 40.7 Å². The van der Waals surface area contributed by atoms with Gasteiger partial charge in [-0.2, -0.15) is 0 Å². The van der Waals surface area contributed by atoms with Gasteiger partial charge < -0.3 is 15.1 Å². The molecule has 8 nitrogen and oxygen atoms in total. The highest BCUT2D eigenvalue weighted by Crippen LogP contribution is 2.32. The van der Waals surface area contributed by atoms with Crippen LogP contribution in [0.4, 0.5) is 17.1 Å². The number of nitrogens with one attached hydrogen (secondary N) is 1. The number of aromatic nitrogens is 1. The van der Waals surface area contributed by atoms with E-state index >= 15 is 0 Å². The molecule has 2 heterocycles. The van der Waals surface area contributed by atoms with Gasteiger partial charge in [-0.25, -0.2) is 4.98 Å². The summed E-state index contributed by atoms with van der Waals surface area (Å²) in [5.74, 6) is -0.378. The Balaban J connectivity index is 1.56. The number of benzene rings is 2. The third-order valence-corrected chi connectivity index (χ3v) is 7.08. The third kappa shape index (κ3) is 4.25. The van der Waals surface area contributed by atoms with E-state index < -0.39 is 4.92 Å². The first-order chi connectivity index (χ1) is 14.4. The summed E-state index contributed by atoms with van der Waals surface area (Å²) in [7, 11) is 2.03. The molecule has 0 radical (unpaired) electrons. The number of likely N-dealkylation sites (N-methyl/N-ethyl adjacent to an activating group) is 1. The summed E-state index contributed by atoms with van der Waals surface area (Å²) in [4.78, 5) is 32.7. The summed E-state index contributed by atoms with van der Waals surface area (Å²) >= 11 is 3.14. The average Bonchev–Trinajstić information content (AvgIpc) is 3.16. The van der Waals surface area contributed by atoms with Gasteiger partial charge in [0.1, 0.15) is 5.69 Å². The molecule has 1 fully saturated rings. The highest BCUT2D eigenvalue weighted by atomic mass is 32.2. The lowest BCUT2D eigenvalue weighted by molar-refractivity contribution is -0.384. The zero-order chi connectivity index (χ0) is 21.3. The molecular formula is C20H21N5O3S2. The Hall–Kier alpha value is -2.69. The van der Waals surface area contributed by atoms with Gasteiger partial charge in [-0.3, -0.25) is 14.9 Å². The Morgan fingerprint density at radius 3 is 2.67 bits per heavy atom. The van der Waals surface area contributed by atoms with Crippen LogP contribution in [-0.2, 0) is 0 Å². The van der Waals surface area contributed by atoms with Crippen LogP contribution in [0.5, 0.6) is 0 Å². The van der Waals surface area contributed by atoms with Gasteiger partial charge in [0.25, 0.3) is 11.6 Å². The van der Waals surface area contributed by atoms with Crippen LogP contribution < -0.4 is 10.2 Å². The normalized spacial score (nSPS) is 14.8. The van der Waals surface area contributed by atoms with Crippen molar-refractivity contribution in [1.82, 2.24) is 9.88 Å². The van der Waals surface area contributed by atoms with Crippen LogP contribution >= 0.6 is 23.1 Å². The maximum atomic E-state index is 12.7. The first kappa shape index (κ1) is 20.6. The summed E-state index contributed by atoms with van der Waals surface area (Å²) in [6.07, 6.45) is 1.97. The Labute approximate surface area is 182 Å². The molecule has 10 heteroatoms. The second-order valence-corrected chi connectivity index (χ2v) is 9.16. The number of piperazine rings is 1. The molecule has 1 N–H and O–H groups in total. The van der Waals surface area contributed by atoms with E-state index in [1.807, 2.05) is 30.3 Å². The molecule has 1 saturated heterocycles. The molecule has 3 aromatic rings. The molecular weight excluding hydrogens is 422 g/mol. The summed E-state index contributed by atoms with van der Waals surface area (Å²) in [5, 5.41) is 14.5. The van der Waals surface area contributed by atoms with E-state index in [2.05, 4.69) is 15.2 Å². The number of fused-ring (bicyclic) bond motifs is 1. The zero-order valence-corrected chi connectivity index (χ0v) is 18.3. The van der Waals surface area contributed by atoms with Gasteiger partial charge in [-0.15, -0.1) is 11.3 Å². The largest absolute Gasteiger partial charge is 0.363 e. The number of carbonyl (C=O) groups is 1. The predicted molar refractivity (Wildman–Crippen MR) is 122 cm³/mol. The molecule has 1 amide bonds. The molecule has 0 spiro atoms. The molecule has 0 bridgehead atoms. The number of carbonyl (C=O) groups excluding carboxylic acids is 1. The molecule has 1 aliphatic heterocycles. The molecule has 0 atom stereocenters. The highest BCUT2D eigenvalue weighted by molar-refractivity contribution is 8.00. The van der Waals surface area contributed by atoms with Crippen molar-refractivity contribution in [3.05, 3.63) is 52.1 Å². The van der Waals surface area contributed by atoms with Crippen LogP contribution in [0.2, 0.25) is 0 Å². The number of rotatable bonds is 5. The SMILES string of the molecule is CSc1nc2ccc(NC(=O)c3ccc(N4CCN(C)CC4)c([N+](=O)[O-])c3)cc2s1. The molecule has 30 heavy (non-hydrogen) atoms. The maximum absolute atomic E-state index is 12.7. The van der Waals surface area contributed by atoms with Crippen molar-refractivity contribution in [3.8, 4) is 0 Å². The number of hydrogen-bond donors (Lipinski definition) is 1. The van der Waals surface area contributed by atoms with E-state index in [0.717, 1.165) is 40.7 Å². The van der Waals surface area contributed by atoms with Gasteiger partial charge in [0, 0.05) is 43.5 Å². The van der Waals surface area contributed by atoms with Crippen molar-refractivity contribution in [3.63, 3.8) is 0 Å². The Morgan fingerprint density at radius 1 is 1.20 bits per heavy atom. The van der Waals surface area contributed by atoms with Gasteiger partial charge in [0.15, 0.2) is 4.34 Å². The Bertz CT molecular complexity index is 1110. The third-order valence-electron chi connectivity index (χ3n) is 5.08. The van der Waals surface area contributed by atoms with Gasteiger partial charge in [0.2, 0.25) is 0 Å². The van der Waals surface area contributed by atoms with Crippen molar-refractivity contribution in [2.75, 3.05) is 49.7 Å². The predicted octanol–water partition coefficient (Wildman–Crippen LogP) is 3.93. The van der Waals surface area contributed by atoms with Crippen LogP contribution in [0.1, 0.15) is 10.4 Å². The number of nitro groups is 1. The van der Waals surface area contributed by atoms with E-state index in [9.17, 15) is 14.9 Å². The zero-order valence-electron chi connectivity index (χ0n) is 16.6. The first-order valence-electron chi connectivity index (χ1n) is 9.42. The van der Waals surface area contributed by atoms with Crippen LogP contribution in [0, 0.1) is 10.1 Å². The molecule has 1 aromatic heterocycles. The highest BCUT2D eigenvalue weighted by Gasteiger charge is 2.24. The summed E-state index contributed by atoms with van der Waals surface area (Å²) in [6.45, 7) is 3.13. The lowest BCUT2D eigenvalue weighted by atomic mass is 10.1. The number of thioether (sulfide) groups is 1. The number of thiazole rings is 1. The van der Waals surface area contributed by atoms with Crippen molar-refractivity contribution in [2.45, 2.75) is 4.34 Å². The summed E-state index contributed by atoms with van der Waals surface area (Å²) in [5.41, 5.74) is 2.29. The second kappa shape index (κ2) is 8.58. The van der Waals surface area contributed by atoms with Crippen molar-refractivity contribution in [2.24, 2.45) is 0 Å². The van der Waals surface area contributed by atoms with Gasteiger partial charge in [-0.05, 0) is 43.6 Å². The van der Waals surface area contributed by atoms with E-state index in [0.29, 0.717) is 11.4 Å². The van der Waals surface area contributed by atoms with Crippen LogP contribution in [-0.4, -0.2) is 60.2 Å². The average molecular weight is 444 g/mol. The lowest BCUT2D eigenvalue weighted by Gasteiger charge is -2.33. The number of hydrogen-bond acceptors (Lipinski definition) is 8. The Kier molecular flexibility index (Phi) is 5.89. The first-order valence-corrected chi connectivity index (χ1v) is 11.5. The van der Waals surface area contributed by atoms with Gasteiger partial charge >= 0.3 is 0 Å². The van der Waals surface area contributed by atoms with Crippen molar-refractivity contribution >= 4 is 56.3 Å². The molecule has 156 valence electrons. The van der Waals surface area contributed by atoms with E-state index in [-0.39, 0.29) is 17.2 Å². The standard InChI is InChI=1S/C20H21N5O3S2/c1-23-7-9-24(10-8-23)16-6-3-13(11-17(16)25(27)28)19(26)21-14-4-5-15-18(12-14)30-20(22-15)29-2/h3-6,11-12H,7-10H2,1-2H3,(H,21,26). The molecule has 0 unspecified atom stereocenters. The van der Waals surface area contributed by atoms with Crippen molar-refractivity contribution in [1.29, 1.82) is 0 Å². The fraction of sp³-hybridized carbons (Fsp3) is 0.300. The van der Waals surface area contributed by atoms with Crippen LogP contribution in [0.3, 0.4) is 0 Å². The molecule has 0 saturated carbocycles.